The Bertz CT molecular complexity index is 421. The number of amides is 1. The number of carbonyl (C=O) groups is 1. The molecule has 0 aliphatic carbocycles. The van der Waals surface area contributed by atoms with Crippen molar-refractivity contribution >= 4 is 17.3 Å². The second kappa shape index (κ2) is 5.76. The highest BCUT2D eigenvalue weighted by atomic mass is 16.1. The van der Waals surface area contributed by atoms with E-state index in [0.717, 1.165) is 16.9 Å². The summed E-state index contributed by atoms with van der Waals surface area (Å²) in [6.45, 7) is 4.07. The fourth-order valence-corrected chi connectivity index (χ4v) is 1.35. The Morgan fingerprint density at radius 2 is 2.25 bits per heavy atom. The first-order chi connectivity index (χ1) is 7.63. The molecule has 0 fully saturated rings. The van der Waals surface area contributed by atoms with E-state index < -0.39 is 0 Å². The Hall–Kier alpha value is -2.02. The number of aryl methyl sites for hydroxylation is 1. The topological polar surface area (TPSA) is 64.9 Å². The fraction of sp³-hybridized carbons (Fsp3) is 0.333. The van der Waals surface area contributed by atoms with Crippen molar-refractivity contribution in [3.8, 4) is 6.07 Å². The van der Waals surface area contributed by atoms with Crippen molar-refractivity contribution in [2.24, 2.45) is 0 Å². The minimum Gasteiger partial charge on any atom is -0.384 e. The third kappa shape index (κ3) is 3.62. The normalized spacial score (nSPS) is 9.31. The van der Waals surface area contributed by atoms with Crippen LogP contribution in [0.1, 0.15) is 18.9 Å². The van der Waals surface area contributed by atoms with Crippen LogP contribution in [0, 0.1) is 18.3 Å². The zero-order valence-electron chi connectivity index (χ0n) is 9.50. The second-order valence-electron chi connectivity index (χ2n) is 3.55. The summed E-state index contributed by atoms with van der Waals surface area (Å²) in [6.07, 6.45) is 0.462. The Morgan fingerprint density at radius 1 is 1.50 bits per heavy atom. The van der Waals surface area contributed by atoms with Crippen LogP contribution in [0.4, 0.5) is 11.4 Å². The quantitative estimate of drug-likeness (QED) is 0.760. The van der Waals surface area contributed by atoms with Gasteiger partial charge in [0.2, 0.25) is 5.91 Å². The van der Waals surface area contributed by atoms with E-state index >= 15 is 0 Å². The lowest BCUT2D eigenvalue weighted by Crippen LogP contribution is -2.07. The number of nitriles is 1. The van der Waals surface area contributed by atoms with Gasteiger partial charge < -0.3 is 10.6 Å². The summed E-state index contributed by atoms with van der Waals surface area (Å²) in [5.74, 6) is -0.0909. The summed E-state index contributed by atoms with van der Waals surface area (Å²) < 4.78 is 0. The van der Waals surface area contributed by atoms with Crippen molar-refractivity contribution in [3.63, 3.8) is 0 Å². The predicted molar refractivity (Wildman–Crippen MR) is 64.2 cm³/mol. The lowest BCUT2D eigenvalue weighted by atomic mass is 10.1. The van der Waals surface area contributed by atoms with Crippen LogP contribution in [-0.4, -0.2) is 12.5 Å². The number of carbonyl (C=O) groups excluding carboxylic acids is 1. The fourth-order valence-electron chi connectivity index (χ4n) is 1.35. The molecule has 0 heterocycles. The molecular formula is C12H15N3O. The van der Waals surface area contributed by atoms with Gasteiger partial charge in [0, 0.05) is 24.8 Å². The molecule has 84 valence electrons. The van der Waals surface area contributed by atoms with Crippen LogP contribution >= 0.6 is 0 Å². The average molecular weight is 217 g/mol. The summed E-state index contributed by atoms with van der Waals surface area (Å²) in [5, 5.41) is 14.3. The van der Waals surface area contributed by atoms with Gasteiger partial charge in [0.15, 0.2) is 0 Å². The summed E-state index contributed by atoms with van der Waals surface area (Å²) in [5.41, 5.74) is 2.80. The first-order valence-electron chi connectivity index (χ1n) is 5.12. The van der Waals surface area contributed by atoms with Crippen molar-refractivity contribution in [2.45, 2.75) is 20.3 Å². The maximum Gasteiger partial charge on any atom is 0.221 e. The van der Waals surface area contributed by atoms with E-state index in [0.29, 0.717) is 13.0 Å². The van der Waals surface area contributed by atoms with Crippen molar-refractivity contribution in [1.82, 2.24) is 0 Å². The molecule has 4 nitrogen and oxygen atoms in total. The number of nitrogens with one attached hydrogen (secondary N) is 2. The molecule has 1 rings (SSSR count). The predicted octanol–water partition coefficient (Wildman–Crippen LogP) is 2.28. The van der Waals surface area contributed by atoms with Gasteiger partial charge >= 0.3 is 0 Å². The Kier molecular flexibility index (Phi) is 4.34. The van der Waals surface area contributed by atoms with Crippen LogP contribution in [0.15, 0.2) is 18.2 Å². The Labute approximate surface area is 95.3 Å². The first kappa shape index (κ1) is 12.1. The molecule has 4 heteroatoms. The summed E-state index contributed by atoms with van der Waals surface area (Å²) in [7, 11) is 0. The van der Waals surface area contributed by atoms with Gasteiger partial charge in [-0.15, -0.1) is 0 Å². The van der Waals surface area contributed by atoms with Crippen molar-refractivity contribution in [2.75, 3.05) is 17.2 Å². The first-order valence-corrected chi connectivity index (χ1v) is 5.12. The largest absolute Gasteiger partial charge is 0.384 e. The maximum absolute atomic E-state index is 10.9. The van der Waals surface area contributed by atoms with Crippen molar-refractivity contribution < 1.29 is 4.79 Å². The van der Waals surface area contributed by atoms with Gasteiger partial charge in [-0.2, -0.15) is 5.26 Å². The van der Waals surface area contributed by atoms with Crippen molar-refractivity contribution in [3.05, 3.63) is 23.8 Å². The van der Waals surface area contributed by atoms with Gasteiger partial charge in [-0.1, -0.05) is 6.07 Å². The average Bonchev–Trinajstić information content (AvgIpc) is 2.22. The Balaban J connectivity index is 2.74. The lowest BCUT2D eigenvalue weighted by molar-refractivity contribution is -0.114. The molecule has 0 aliphatic rings. The van der Waals surface area contributed by atoms with Crippen LogP contribution in [0.5, 0.6) is 0 Å². The molecule has 1 amide bonds. The third-order valence-electron chi connectivity index (χ3n) is 2.11. The minimum atomic E-state index is -0.0909. The molecule has 0 atom stereocenters. The highest BCUT2D eigenvalue weighted by Gasteiger charge is 2.01. The number of hydrogen-bond acceptors (Lipinski definition) is 3. The van der Waals surface area contributed by atoms with Crippen LogP contribution in [0.3, 0.4) is 0 Å². The van der Waals surface area contributed by atoms with Gasteiger partial charge in [-0.25, -0.2) is 0 Å². The van der Waals surface area contributed by atoms with Crippen LogP contribution in [0.2, 0.25) is 0 Å². The second-order valence-corrected chi connectivity index (χ2v) is 3.55. The van der Waals surface area contributed by atoms with Crippen LogP contribution in [-0.2, 0) is 4.79 Å². The highest BCUT2D eigenvalue weighted by Crippen LogP contribution is 2.20. The molecule has 0 saturated carbocycles. The zero-order chi connectivity index (χ0) is 12.0. The summed E-state index contributed by atoms with van der Waals surface area (Å²) in [6, 6.07) is 7.73. The van der Waals surface area contributed by atoms with E-state index in [1.807, 2.05) is 25.1 Å². The van der Waals surface area contributed by atoms with E-state index in [-0.39, 0.29) is 5.91 Å². The van der Waals surface area contributed by atoms with Crippen LogP contribution in [0.25, 0.3) is 0 Å². The number of hydrogen-bond donors (Lipinski definition) is 2. The molecule has 1 aromatic carbocycles. The van der Waals surface area contributed by atoms with E-state index in [4.69, 9.17) is 5.26 Å². The minimum absolute atomic E-state index is 0.0909. The van der Waals surface area contributed by atoms with Gasteiger partial charge in [-0.3, -0.25) is 4.79 Å². The SMILES string of the molecule is CC(=O)Nc1ccc(C)c(NCCC#N)c1. The van der Waals surface area contributed by atoms with Gasteiger partial charge in [0.1, 0.15) is 0 Å². The van der Waals surface area contributed by atoms with E-state index in [1.54, 1.807) is 0 Å². The maximum atomic E-state index is 10.9. The van der Waals surface area contributed by atoms with E-state index in [9.17, 15) is 4.79 Å². The van der Waals surface area contributed by atoms with Crippen molar-refractivity contribution in [1.29, 1.82) is 5.26 Å². The molecule has 0 aliphatic heterocycles. The van der Waals surface area contributed by atoms with Crippen LogP contribution < -0.4 is 10.6 Å². The standard InChI is InChI=1S/C12H15N3O/c1-9-4-5-11(15-10(2)16)8-12(9)14-7-3-6-13/h4-5,8,14H,3,7H2,1-2H3,(H,15,16). The third-order valence-corrected chi connectivity index (χ3v) is 2.11. The summed E-state index contributed by atoms with van der Waals surface area (Å²) >= 11 is 0. The molecule has 16 heavy (non-hydrogen) atoms. The molecule has 0 bridgehead atoms. The van der Waals surface area contributed by atoms with Gasteiger partial charge in [0.25, 0.3) is 0 Å². The lowest BCUT2D eigenvalue weighted by Gasteiger charge is -2.10. The number of nitrogens with zero attached hydrogens (tertiary/aromatic N) is 1. The number of benzene rings is 1. The summed E-state index contributed by atoms with van der Waals surface area (Å²) in [4.78, 5) is 10.9. The monoisotopic (exact) mass is 217 g/mol. The molecule has 0 radical (unpaired) electrons. The van der Waals surface area contributed by atoms with E-state index in [2.05, 4.69) is 16.7 Å². The molecule has 2 N–H and O–H groups in total. The Morgan fingerprint density at radius 3 is 2.88 bits per heavy atom. The molecule has 1 aromatic rings. The van der Waals surface area contributed by atoms with Gasteiger partial charge in [-0.05, 0) is 24.6 Å². The zero-order valence-corrected chi connectivity index (χ0v) is 9.50. The highest BCUT2D eigenvalue weighted by molar-refractivity contribution is 5.89. The molecule has 0 spiro atoms. The number of anilines is 2. The van der Waals surface area contributed by atoms with Gasteiger partial charge in [0.05, 0.1) is 12.5 Å². The molecule has 0 saturated heterocycles. The molecule has 0 aromatic heterocycles. The molecule has 0 unspecified atom stereocenters. The smallest absolute Gasteiger partial charge is 0.221 e. The van der Waals surface area contributed by atoms with E-state index in [1.165, 1.54) is 6.92 Å². The molecular weight excluding hydrogens is 202 g/mol. The number of rotatable bonds is 4.